The van der Waals surface area contributed by atoms with Crippen LogP contribution in [0.25, 0.3) is 0 Å². The van der Waals surface area contributed by atoms with Crippen molar-refractivity contribution in [2.45, 2.75) is 20.5 Å². The normalized spacial score (nSPS) is 12.2. The van der Waals surface area contributed by atoms with E-state index in [1.165, 1.54) is 7.11 Å². The third-order valence-electron chi connectivity index (χ3n) is 3.67. The Balaban J connectivity index is 2.32. The number of ether oxygens (including phenoxy) is 1. The Morgan fingerprint density at radius 1 is 1.12 bits per heavy atom. The van der Waals surface area contributed by atoms with Crippen molar-refractivity contribution in [1.82, 2.24) is 0 Å². The van der Waals surface area contributed by atoms with Crippen LogP contribution in [0.2, 0.25) is 0 Å². The van der Waals surface area contributed by atoms with Gasteiger partial charge in [-0.3, -0.25) is 4.99 Å². The average molecular weight is 325 g/mol. The van der Waals surface area contributed by atoms with Gasteiger partial charge < -0.3 is 15.3 Å². The van der Waals surface area contributed by atoms with Gasteiger partial charge >= 0.3 is 0 Å². The Hall–Kier alpha value is -2.82. The molecule has 24 heavy (non-hydrogen) atoms. The first-order chi connectivity index (χ1) is 11.6. The van der Waals surface area contributed by atoms with E-state index in [2.05, 4.69) is 22.3 Å². The molecule has 0 bridgehead atoms. The summed E-state index contributed by atoms with van der Waals surface area (Å²) in [5, 5.41) is 4.02. The molecule has 2 N–H and O–H groups in total. The van der Waals surface area contributed by atoms with Gasteiger partial charge in [-0.15, -0.1) is 0 Å². The molecule has 0 unspecified atom stereocenters. The predicted molar refractivity (Wildman–Crippen MR) is 97.8 cm³/mol. The lowest BCUT2D eigenvalue weighted by Crippen LogP contribution is -2.26. The minimum absolute atomic E-state index is 0.316. The monoisotopic (exact) mass is 325 g/mol. The van der Waals surface area contributed by atoms with Gasteiger partial charge in [0.05, 0.1) is 0 Å². The molecule has 0 aliphatic rings. The highest BCUT2D eigenvalue weighted by molar-refractivity contribution is 6.47. The van der Waals surface area contributed by atoms with Crippen molar-refractivity contribution in [3.63, 3.8) is 0 Å². The number of oxime groups is 1. The molecule has 0 aromatic heterocycles. The van der Waals surface area contributed by atoms with E-state index in [0.717, 1.165) is 28.0 Å². The molecule has 0 heterocycles. The molecule has 2 rings (SSSR count). The number of hydrogen-bond donors (Lipinski definition) is 1. The second-order valence-corrected chi connectivity index (χ2v) is 5.45. The number of amidine groups is 1. The molecule has 0 fully saturated rings. The summed E-state index contributed by atoms with van der Waals surface area (Å²) in [6, 6.07) is 13.9. The fraction of sp³-hybridized carbons (Fsp3) is 0.263. The van der Waals surface area contributed by atoms with Crippen molar-refractivity contribution in [3.05, 3.63) is 64.7 Å². The predicted octanol–water partition coefficient (Wildman–Crippen LogP) is 3.22. The van der Waals surface area contributed by atoms with Crippen LogP contribution >= 0.6 is 0 Å². The maximum atomic E-state index is 6.01. The van der Waals surface area contributed by atoms with Crippen molar-refractivity contribution in [3.8, 4) is 5.75 Å². The number of benzene rings is 2. The first-order valence-corrected chi connectivity index (χ1v) is 7.69. The summed E-state index contributed by atoms with van der Waals surface area (Å²) in [5.74, 6) is 1.18. The summed E-state index contributed by atoms with van der Waals surface area (Å²) in [7, 11) is 3.11. The van der Waals surface area contributed by atoms with Gasteiger partial charge in [0.2, 0.25) is 0 Å². The van der Waals surface area contributed by atoms with Gasteiger partial charge in [-0.2, -0.15) is 0 Å². The third kappa shape index (κ3) is 4.13. The SMILES string of the molecule is CN=C(N)/C(=N\OC)c1ccccc1COc1cc(C)ccc1C. The number of hydrogen-bond acceptors (Lipinski definition) is 4. The van der Waals surface area contributed by atoms with E-state index < -0.39 is 0 Å². The Labute approximate surface area is 142 Å². The molecule has 0 aliphatic heterocycles. The molecule has 0 saturated carbocycles. The van der Waals surface area contributed by atoms with E-state index in [-0.39, 0.29) is 0 Å². The molecule has 0 radical (unpaired) electrons. The number of nitrogens with zero attached hydrogens (tertiary/aromatic N) is 2. The van der Waals surface area contributed by atoms with Crippen molar-refractivity contribution in [2.24, 2.45) is 15.9 Å². The summed E-state index contributed by atoms with van der Waals surface area (Å²) in [5.41, 5.74) is 10.5. The smallest absolute Gasteiger partial charge is 0.152 e. The van der Waals surface area contributed by atoms with Crippen LogP contribution in [0.1, 0.15) is 22.3 Å². The minimum atomic E-state index is 0.316. The van der Waals surface area contributed by atoms with Crippen LogP contribution in [0.4, 0.5) is 0 Å². The van der Waals surface area contributed by atoms with Gasteiger partial charge in [-0.1, -0.05) is 41.6 Å². The van der Waals surface area contributed by atoms with E-state index in [0.29, 0.717) is 18.2 Å². The third-order valence-corrected chi connectivity index (χ3v) is 3.67. The largest absolute Gasteiger partial charge is 0.489 e. The van der Waals surface area contributed by atoms with Gasteiger partial charge in [-0.05, 0) is 36.6 Å². The van der Waals surface area contributed by atoms with Gasteiger partial charge in [-0.25, -0.2) is 0 Å². The van der Waals surface area contributed by atoms with E-state index >= 15 is 0 Å². The number of aryl methyl sites for hydroxylation is 2. The number of rotatable bonds is 6. The molecule has 0 aliphatic carbocycles. The molecule has 0 spiro atoms. The van der Waals surface area contributed by atoms with Crippen LogP contribution in [0, 0.1) is 13.8 Å². The highest BCUT2D eigenvalue weighted by atomic mass is 16.6. The maximum absolute atomic E-state index is 6.01. The molecule has 0 atom stereocenters. The van der Waals surface area contributed by atoms with Crippen molar-refractivity contribution in [1.29, 1.82) is 0 Å². The molecule has 5 heteroatoms. The van der Waals surface area contributed by atoms with E-state index in [4.69, 9.17) is 15.3 Å². The zero-order valence-electron chi connectivity index (χ0n) is 14.5. The molecule has 0 saturated heterocycles. The topological polar surface area (TPSA) is 69.2 Å². The van der Waals surface area contributed by atoms with Crippen LogP contribution in [0.5, 0.6) is 5.75 Å². The second kappa shape index (κ2) is 8.15. The molecule has 126 valence electrons. The van der Waals surface area contributed by atoms with Crippen LogP contribution in [-0.2, 0) is 11.4 Å². The summed E-state index contributed by atoms with van der Waals surface area (Å²) in [6.07, 6.45) is 0. The van der Waals surface area contributed by atoms with Crippen LogP contribution in [0.15, 0.2) is 52.6 Å². The van der Waals surface area contributed by atoms with Crippen molar-refractivity contribution in [2.75, 3.05) is 14.2 Å². The fourth-order valence-electron chi connectivity index (χ4n) is 2.33. The van der Waals surface area contributed by atoms with Crippen LogP contribution in [-0.4, -0.2) is 25.7 Å². The van der Waals surface area contributed by atoms with Gasteiger partial charge in [0.1, 0.15) is 25.3 Å². The Morgan fingerprint density at radius 3 is 2.58 bits per heavy atom. The van der Waals surface area contributed by atoms with Gasteiger partial charge in [0.25, 0.3) is 0 Å². The Morgan fingerprint density at radius 2 is 1.88 bits per heavy atom. The fourth-order valence-corrected chi connectivity index (χ4v) is 2.33. The molecular formula is C19H23N3O2. The molecular weight excluding hydrogens is 302 g/mol. The first kappa shape index (κ1) is 17.5. The summed E-state index contributed by atoms with van der Waals surface area (Å²) in [6.45, 7) is 4.47. The minimum Gasteiger partial charge on any atom is -0.489 e. The van der Waals surface area contributed by atoms with E-state index in [1.807, 2.05) is 44.2 Å². The number of nitrogens with two attached hydrogens (primary N) is 1. The van der Waals surface area contributed by atoms with Gasteiger partial charge in [0, 0.05) is 12.6 Å². The lowest BCUT2D eigenvalue weighted by atomic mass is 10.0. The molecule has 2 aromatic rings. The number of aliphatic imine (C=N–C) groups is 1. The van der Waals surface area contributed by atoms with Crippen molar-refractivity contribution < 1.29 is 9.57 Å². The molecule has 5 nitrogen and oxygen atoms in total. The standard InChI is InChI=1S/C19H23N3O2/c1-13-9-10-14(2)17(11-13)24-12-15-7-5-6-8-16(15)18(22-23-4)19(20)21-3/h5-11H,12H2,1-4H3,(H2,20,21)/b22-18-. The van der Waals surface area contributed by atoms with Gasteiger partial charge in [0.15, 0.2) is 5.71 Å². The highest BCUT2D eigenvalue weighted by Gasteiger charge is 2.14. The average Bonchev–Trinajstić information content (AvgIpc) is 2.60. The van der Waals surface area contributed by atoms with E-state index in [1.54, 1.807) is 7.05 Å². The quantitative estimate of drug-likeness (QED) is 0.504. The van der Waals surface area contributed by atoms with Crippen LogP contribution in [0.3, 0.4) is 0 Å². The Kier molecular flexibility index (Phi) is 5.95. The molecule has 0 amide bonds. The first-order valence-electron chi connectivity index (χ1n) is 7.69. The maximum Gasteiger partial charge on any atom is 0.152 e. The van der Waals surface area contributed by atoms with Crippen molar-refractivity contribution >= 4 is 11.5 Å². The summed E-state index contributed by atoms with van der Waals surface area (Å²) in [4.78, 5) is 8.93. The highest BCUT2D eigenvalue weighted by Crippen LogP contribution is 2.21. The lowest BCUT2D eigenvalue weighted by Gasteiger charge is -2.14. The second-order valence-electron chi connectivity index (χ2n) is 5.45. The zero-order chi connectivity index (χ0) is 17.5. The Bertz CT molecular complexity index is 767. The molecule has 2 aromatic carbocycles. The van der Waals surface area contributed by atoms with E-state index in [9.17, 15) is 0 Å². The summed E-state index contributed by atoms with van der Waals surface area (Å²) < 4.78 is 6.01. The zero-order valence-corrected chi connectivity index (χ0v) is 14.5. The lowest BCUT2D eigenvalue weighted by molar-refractivity contribution is 0.214. The summed E-state index contributed by atoms with van der Waals surface area (Å²) >= 11 is 0. The van der Waals surface area contributed by atoms with Crippen LogP contribution < -0.4 is 10.5 Å².